The maximum Gasteiger partial charge on any atom is 0.325 e. The van der Waals surface area contributed by atoms with Crippen LogP contribution in [0, 0.1) is 0 Å². The highest BCUT2D eigenvalue weighted by Crippen LogP contribution is 2.15. The number of ether oxygens (including phenoxy) is 1. The topological polar surface area (TPSA) is 67.4 Å². The van der Waals surface area contributed by atoms with Crippen LogP contribution in [0.3, 0.4) is 0 Å². The lowest BCUT2D eigenvalue weighted by Gasteiger charge is -2.04. The molecule has 19 heavy (non-hydrogen) atoms. The zero-order chi connectivity index (χ0) is 14.1. The Morgan fingerprint density at radius 2 is 2.11 bits per heavy atom. The van der Waals surface area contributed by atoms with Crippen LogP contribution < -0.4 is 10.6 Å². The van der Waals surface area contributed by atoms with Crippen LogP contribution in [-0.4, -0.2) is 25.2 Å². The maximum absolute atomic E-state index is 11.3. The Kier molecular flexibility index (Phi) is 6.46. The second kappa shape index (κ2) is 8.16. The lowest BCUT2D eigenvalue weighted by molar-refractivity contribution is -0.141. The van der Waals surface area contributed by atoms with E-state index in [0.717, 1.165) is 5.56 Å². The average Bonchev–Trinajstić information content (AvgIpc) is 2.39. The fourth-order valence-corrected chi connectivity index (χ4v) is 1.43. The van der Waals surface area contributed by atoms with Gasteiger partial charge in [0.15, 0.2) is 0 Å². The van der Waals surface area contributed by atoms with Crippen LogP contribution in [0.2, 0.25) is 5.02 Å². The van der Waals surface area contributed by atoms with Crippen LogP contribution in [0.15, 0.2) is 30.5 Å². The molecule has 0 saturated heterocycles. The molecule has 0 heterocycles. The van der Waals surface area contributed by atoms with Gasteiger partial charge in [0.25, 0.3) is 0 Å². The molecule has 0 saturated carbocycles. The summed E-state index contributed by atoms with van der Waals surface area (Å²) < 4.78 is 4.66. The number of hydrogen-bond donors (Lipinski definition) is 2. The van der Waals surface area contributed by atoms with Crippen molar-refractivity contribution >= 4 is 29.7 Å². The predicted molar refractivity (Wildman–Crippen MR) is 73.7 cm³/mol. The summed E-state index contributed by atoms with van der Waals surface area (Å²) in [5.41, 5.74) is 0.787. The van der Waals surface area contributed by atoms with E-state index >= 15 is 0 Å². The van der Waals surface area contributed by atoms with Crippen LogP contribution in [0.5, 0.6) is 0 Å². The SMILES string of the molecule is CCOC(=O)CNC(=O)N/C=C/c1ccccc1Cl. The number of amides is 2. The first kappa shape index (κ1) is 15.0. The highest BCUT2D eigenvalue weighted by Gasteiger charge is 2.03. The molecule has 2 N–H and O–H groups in total. The van der Waals surface area contributed by atoms with Crippen molar-refractivity contribution in [1.82, 2.24) is 10.6 Å². The number of carbonyl (C=O) groups is 2. The summed E-state index contributed by atoms with van der Waals surface area (Å²) in [4.78, 5) is 22.3. The quantitative estimate of drug-likeness (QED) is 0.814. The molecule has 0 unspecified atom stereocenters. The molecular weight excluding hydrogens is 268 g/mol. The minimum absolute atomic E-state index is 0.167. The maximum atomic E-state index is 11.3. The average molecular weight is 283 g/mol. The summed E-state index contributed by atoms with van der Waals surface area (Å²) in [5, 5.41) is 5.41. The summed E-state index contributed by atoms with van der Waals surface area (Å²) in [7, 11) is 0. The van der Waals surface area contributed by atoms with E-state index in [0.29, 0.717) is 5.02 Å². The second-order valence-corrected chi connectivity index (χ2v) is 3.89. The molecular formula is C13H15ClN2O3. The molecule has 1 aromatic carbocycles. The van der Waals surface area contributed by atoms with Crippen molar-refractivity contribution in [2.75, 3.05) is 13.2 Å². The molecule has 1 aromatic rings. The second-order valence-electron chi connectivity index (χ2n) is 3.49. The number of rotatable bonds is 5. The van der Waals surface area contributed by atoms with Crippen LogP contribution in [-0.2, 0) is 9.53 Å². The number of urea groups is 1. The van der Waals surface area contributed by atoms with E-state index in [1.54, 1.807) is 19.1 Å². The van der Waals surface area contributed by atoms with Crippen LogP contribution >= 0.6 is 11.6 Å². The predicted octanol–water partition coefficient (Wildman–Crippen LogP) is 2.17. The van der Waals surface area contributed by atoms with Gasteiger partial charge in [-0.2, -0.15) is 0 Å². The van der Waals surface area contributed by atoms with Gasteiger partial charge in [-0.15, -0.1) is 0 Å². The van der Waals surface area contributed by atoms with Gasteiger partial charge in [-0.1, -0.05) is 29.8 Å². The number of halogens is 1. The number of benzene rings is 1. The molecule has 1 rings (SSSR count). The Morgan fingerprint density at radius 1 is 1.37 bits per heavy atom. The monoisotopic (exact) mass is 282 g/mol. The van der Waals surface area contributed by atoms with Crippen LogP contribution in [0.4, 0.5) is 4.79 Å². The molecule has 0 fully saturated rings. The smallest absolute Gasteiger partial charge is 0.325 e. The third-order valence-electron chi connectivity index (χ3n) is 2.08. The summed E-state index contributed by atoms with van der Waals surface area (Å²) in [6.45, 7) is 1.82. The first-order valence-corrected chi connectivity index (χ1v) is 6.12. The molecule has 102 valence electrons. The van der Waals surface area contributed by atoms with Gasteiger partial charge in [0.05, 0.1) is 6.61 Å². The summed E-state index contributed by atoms with van der Waals surface area (Å²) in [6.07, 6.45) is 3.11. The minimum Gasteiger partial charge on any atom is -0.465 e. The Balaban J connectivity index is 2.34. The molecule has 0 aliphatic rings. The number of nitrogens with one attached hydrogen (secondary N) is 2. The van der Waals surface area contributed by atoms with Crippen molar-refractivity contribution in [2.45, 2.75) is 6.92 Å². The Labute approximate surface area is 116 Å². The largest absolute Gasteiger partial charge is 0.465 e. The molecule has 0 radical (unpaired) electrons. The standard InChI is InChI=1S/C13H15ClN2O3/c1-2-19-12(17)9-16-13(18)15-8-7-10-5-3-4-6-11(10)14/h3-8H,2,9H2,1H3,(H2,15,16,18)/b8-7+. The highest BCUT2D eigenvalue weighted by atomic mass is 35.5. The van der Waals surface area contributed by atoms with E-state index < -0.39 is 12.0 Å². The third kappa shape index (κ3) is 5.92. The third-order valence-corrected chi connectivity index (χ3v) is 2.43. The summed E-state index contributed by atoms with van der Waals surface area (Å²) in [6, 6.07) is 6.74. The fraction of sp³-hybridized carbons (Fsp3) is 0.231. The fourth-order valence-electron chi connectivity index (χ4n) is 1.23. The summed E-state index contributed by atoms with van der Waals surface area (Å²) in [5.74, 6) is -0.479. The number of carbonyl (C=O) groups excluding carboxylic acids is 2. The highest BCUT2D eigenvalue weighted by molar-refractivity contribution is 6.32. The van der Waals surface area contributed by atoms with E-state index in [4.69, 9.17) is 11.6 Å². The van der Waals surface area contributed by atoms with Gasteiger partial charge in [-0.25, -0.2) is 4.79 Å². The van der Waals surface area contributed by atoms with Gasteiger partial charge in [0.2, 0.25) is 0 Å². The normalized spacial score (nSPS) is 10.2. The van der Waals surface area contributed by atoms with Crippen molar-refractivity contribution in [2.24, 2.45) is 0 Å². The van der Waals surface area contributed by atoms with Gasteiger partial charge in [-0.3, -0.25) is 4.79 Å². The van der Waals surface area contributed by atoms with Crippen molar-refractivity contribution in [3.8, 4) is 0 Å². The molecule has 0 atom stereocenters. The molecule has 6 heteroatoms. The van der Waals surface area contributed by atoms with Crippen molar-refractivity contribution in [1.29, 1.82) is 0 Å². The van der Waals surface area contributed by atoms with Gasteiger partial charge in [-0.05, 0) is 24.6 Å². The first-order valence-electron chi connectivity index (χ1n) is 5.74. The molecule has 5 nitrogen and oxygen atoms in total. The molecule has 0 aliphatic heterocycles. The molecule has 2 amide bonds. The van der Waals surface area contributed by atoms with Crippen molar-refractivity contribution < 1.29 is 14.3 Å². The molecule has 0 bridgehead atoms. The van der Waals surface area contributed by atoms with Gasteiger partial charge >= 0.3 is 12.0 Å². The lowest BCUT2D eigenvalue weighted by atomic mass is 10.2. The Hall–Kier alpha value is -2.01. The molecule has 0 aliphatic carbocycles. The van der Waals surface area contributed by atoms with Crippen molar-refractivity contribution in [3.05, 3.63) is 41.1 Å². The number of hydrogen-bond acceptors (Lipinski definition) is 3. The Morgan fingerprint density at radius 3 is 2.79 bits per heavy atom. The van der Waals surface area contributed by atoms with Crippen molar-refractivity contribution in [3.63, 3.8) is 0 Å². The van der Waals surface area contributed by atoms with E-state index in [2.05, 4.69) is 15.4 Å². The van der Waals surface area contributed by atoms with E-state index in [1.807, 2.05) is 18.2 Å². The van der Waals surface area contributed by atoms with Gasteiger partial charge < -0.3 is 15.4 Å². The molecule has 0 spiro atoms. The van der Waals surface area contributed by atoms with Gasteiger partial charge in [0.1, 0.15) is 6.54 Å². The van der Waals surface area contributed by atoms with Crippen LogP contribution in [0.25, 0.3) is 6.08 Å². The van der Waals surface area contributed by atoms with E-state index in [-0.39, 0.29) is 13.2 Å². The first-order chi connectivity index (χ1) is 9.13. The van der Waals surface area contributed by atoms with E-state index in [1.165, 1.54) is 6.20 Å². The summed E-state index contributed by atoms with van der Waals surface area (Å²) >= 11 is 5.94. The van der Waals surface area contributed by atoms with E-state index in [9.17, 15) is 9.59 Å². The Bertz CT molecular complexity index is 475. The minimum atomic E-state index is -0.489. The molecule has 0 aromatic heterocycles. The van der Waals surface area contributed by atoms with Crippen LogP contribution in [0.1, 0.15) is 12.5 Å². The zero-order valence-electron chi connectivity index (χ0n) is 10.5. The number of esters is 1. The van der Waals surface area contributed by atoms with Gasteiger partial charge in [0, 0.05) is 11.2 Å². The zero-order valence-corrected chi connectivity index (χ0v) is 11.2. The lowest BCUT2D eigenvalue weighted by Crippen LogP contribution is -2.36.